The number of nitriles is 1. The Labute approximate surface area is 122 Å². The monoisotopic (exact) mass is 294 g/mol. The van der Waals surface area contributed by atoms with Crippen molar-refractivity contribution in [3.63, 3.8) is 0 Å². The van der Waals surface area contributed by atoms with E-state index in [1.807, 2.05) is 4.90 Å². The van der Waals surface area contributed by atoms with Crippen LogP contribution in [-0.4, -0.2) is 13.1 Å². The summed E-state index contributed by atoms with van der Waals surface area (Å²) < 4.78 is 38.9. The third-order valence-electron chi connectivity index (χ3n) is 4.76. The highest BCUT2D eigenvalue weighted by Crippen LogP contribution is 2.46. The summed E-state index contributed by atoms with van der Waals surface area (Å²) >= 11 is 0. The van der Waals surface area contributed by atoms with Crippen molar-refractivity contribution in [3.8, 4) is 6.07 Å². The van der Waals surface area contributed by atoms with Crippen LogP contribution < -0.4 is 4.90 Å². The molecule has 1 saturated heterocycles. The van der Waals surface area contributed by atoms with Gasteiger partial charge < -0.3 is 4.90 Å². The molecule has 0 radical (unpaired) electrons. The minimum absolute atomic E-state index is 0.306. The molecule has 0 bridgehead atoms. The molecule has 1 aliphatic heterocycles. The number of rotatable bonds is 1. The first kappa shape index (κ1) is 14.2. The van der Waals surface area contributed by atoms with Gasteiger partial charge in [-0.2, -0.15) is 18.4 Å². The number of nitrogens with zero attached hydrogens (tertiary/aromatic N) is 2. The number of anilines is 1. The molecular weight excluding hydrogens is 277 g/mol. The Morgan fingerprint density at radius 3 is 2.33 bits per heavy atom. The van der Waals surface area contributed by atoms with Crippen molar-refractivity contribution in [1.29, 1.82) is 5.26 Å². The van der Waals surface area contributed by atoms with E-state index in [1.165, 1.54) is 38.2 Å². The van der Waals surface area contributed by atoms with Crippen molar-refractivity contribution in [2.45, 2.75) is 38.3 Å². The third-order valence-corrected chi connectivity index (χ3v) is 4.76. The predicted octanol–water partition coefficient (Wildman–Crippen LogP) is 4.35. The zero-order valence-electron chi connectivity index (χ0n) is 11.7. The smallest absolute Gasteiger partial charge is 0.370 e. The van der Waals surface area contributed by atoms with Crippen molar-refractivity contribution in [1.82, 2.24) is 0 Å². The fourth-order valence-corrected chi connectivity index (χ4v) is 3.62. The van der Waals surface area contributed by atoms with Gasteiger partial charge >= 0.3 is 6.18 Å². The van der Waals surface area contributed by atoms with Crippen LogP contribution in [-0.2, 0) is 6.18 Å². The standard InChI is InChI=1S/C16H17F3N2/c17-16(18,19)14-8-13(5-4-12(14)9-20)21-10-15(11-21)6-2-1-3-7-15/h4-5,8H,1-3,6-7,10-11H2. The summed E-state index contributed by atoms with van der Waals surface area (Å²) in [6, 6.07) is 5.65. The summed E-state index contributed by atoms with van der Waals surface area (Å²) in [4.78, 5) is 2.00. The lowest BCUT2D eigenvalue weighted by Crippen LogP contribution is -2.57. The van der Waals surface area contributed by atoms with E-state index >= 15 is 0 Å². The lowest BCUT2D eigenvalue weighted by Gasteiger charge is -2.53. The van der Waals surface area contributed by atoms with E-state index in [0.29, 0.717) is 11.1 Å². The first-order chi connectivity index (χ1) is 9.93. The van der Waals surface area contributed by atoms with Gasteiger partial charge in [-0.05, 0) is 31.0 Å². The molecule has 0 amide bonds. The summed E-state index contributed by atoms with van der Waals surface area (Å²) in [6.07, 6.45) is 1.63. The summed E-state index contributed by atoms with van der Waals surface area (Å²) in [5.41, 5.74) is -0.228. The average molecular weight is 294 g/mol. The SMILES string of the molecule is N#Cc1ccc(N2CC3(CCCCC3)C2)cc1C(F)(F)F. The second-order valence-corrected chi connectivity index (χ2v) is 6.26. The van der Waals surface area contributed by atoms with E-state index in [1.54, 1.807) is 12.1 Å². The Kier molecular flexibility index (Phi) is 3.35. The van der Waals surface area contributed by atoms with Gasteiger partial charge in [-0.1, -0.05) is 19.3 Å². The van der Waals surface area contributed by atoms with Gasteiger partial charge in [-0.3, -0.25) is 0 Å². The van der Waals surface area contributed by atoms with Crippen molar-refractivity contribution < 1.29 is 13.2 Å². The summed E-state index contributed by atoms with van der Waals surface area (Å²) in [7, 11) is 0. The molecule has 1 saturated carbocycles. The summed E-state index contributed by atoms with van der Waals surface area (Å²) in [5, 5.41) is 8.82. The topological polar surface area (TPSA) is 27.0 Å². The molecule has 112 valence electrons. The molecule has 2 aliphatic rings. The molecule has 1 spiro atoms. The minimum Gasteiger partial charge on any atom is -0.370 e. The number of hydrogen-bond acceptors (Lipinski definition) is 2. The second-order valence-electron chi connectivity index (χ2n) is 6.26. The van der Waals surface area contributed by atoms with E-state index in [-0.39, 0.29) is 5.56 Å². The zero-order chi connectivity index (χ0) is 15.1. The molecule has 5 heteroatoms. The molecule has 0 N–H and O–H groups in total. The van der Waals surface area contributed by atoms with Gasteiger partial charge in [0.25, 0.3) is 0 Å². The largest absolute Gasteiger partial charge is 0.417 e. The molecule has 3 rings (SSSR count). The summed E-state index contributed by atoms with van der Waals surface area (Å²) in [6.45, 7) is 1.69. The molecule has 2 fully saturated rings. The Morgan fingerprint density at radius 1 is 1.10 bits per heavy atom. The fraction of sp³-hybridized carbons (Fsp3) is 0.562. The molecule has 2 nitrogen and oxygen atoms in total. The van der Waals surface area contributed by atoms with Crippen molar-refractivity contribution in [2.75, 3.05) is 18.0 Å². The van der Waals surface area contributed by atoms with E-state index < -0.39 is 11.7 Å². The first-order valence-electron chi connectivity index (χ1n) is 7.30. The maximum Gasteiger partial charge on any atom is 0.417 e. The first-order valence-corrected chi connectivity index (χ1v) is 7.30. The van der Waals surface area contributed by atoms with Gasteiger partial charge in [0.05, 0.1) is 17.2 Å². The van der Waals surface area contributed by atoms with Crippen molar-refractivity contribution in [2.24, 2.45) is 5.41 Å². The van der Waals surface area contributed by atoms with Crippen LogP contribution in [0.25, 0.3) is 0 Å². The lowest BCUT2D eigenvalue weighted by molar-refractivity contribution is -0.137. The van der Waals surface area contributed by atoms with Crippen LogP contribution in [0, 0.1) is 16.7 Å². The Bertz CT molecular complexity index is 572. The lowest BCUT2D eigenvalue weighted by atomic mass is 9.68. The van der Waals surface area contributed by atoms with Crippen LogP contribution in [0.1, 0.15) is 43.2 Å². The van der Waals surface area contributed by atoms with Crippen LogP contribution >= 0.6 is 0 Å². The van der Waals surface area contributed by atoms with Crippen LogP contribution in [0.5, 0.6) is 0 Å². The molecule has 1 aromatic carbocycles. The average Bonchev–Trinajstić information content (AvgIpc) is 2.44. The van der Waals surface area contributed by atoms with Crippen LogP contribution in [0.2, 0.25) is 0 Å². The van der Waals surface area contributed by atoms with Crippen molar-refractivity contribution >= 4 is 5.69 Å². The Morgan fingerprint density at radius 2 is 1.76 bits per heavy atom. The number of hydrogen-bond donors (Lipinski definition) is 0. The maximum atomic E-state index is 13.0. The fourth-order valence-electron chi connectivity index (χ4n) is 3.62. The molecular formula is C16H17F3N2. The highest BCUT2D eigenvalue weighted by molar-refractivity contribution is 5.56. The third kappa shape index (κ3) is 2.59. The molecule has 1 heterocycles. The molecule has 0 unspecified atom stereocenters. The molecule has 0 atom stereocenters. The van der Waals surface area contributed by atoms with Gasteiger partial charge in [0, 0.05) is 24.2 Å². The van der Waals surface area contributed by atoms with E-state index in [4.69, 9.17) is 5.26 Å². The van der Waals surface area contributed by atoms with E-state index in [9.17, 15) is 13.2 Å². The summed E-state index contributed by atoms with van der Waals surface area (Å²) in [5.74, 6) is 0. The molecule has 1 aromatic rings. The predicted molar refractivity (Wildman–Crippen MR) is 73.9 cm³/mol. The van der Waals surface area contributed by atoms with Gasteiger partial charge in [0.15, 0.2) is 0 Å². The highest BCUT2D eigenvalue weighted by atomic mass is 19.4. The van der Waals surface area contributed by atoms with Crippen LogP contribution in [0.3, 0.4) is 0 Å². The van der Waals surface area contributed by atoms with Gasteiger partial charge in [-0.15, -0.1) is 0 Å². The molecule has 0 aromatic heterocycles. The normalized spacial score (nSPS) is 21.0. The maximum absolute atomic E-state index is 13.0. The minimum atomic E-state index is -4.48. The van der Waals surface area contributed by atoms with E-state index in [2.05, 4.69) is 0 Å². The van der Waals surface area contributed by atoms with Gasteiger partial charge in [0.1, 0.15) is 0 Å². The van der Waals surface area contributed by atoms with Crippen molar-refractivity contribution in [3.05, 3.63) is 29.3 Å². The quantitative estimate of drug-likeness (QED) is 0.770. The number of halogens is 3. The van der Waals surface area contributed by atoms with Crippen LogP contribution in [0.4, 0.5) is 18.9 Å². The van der Waals surface area contributed by atoms with Crippen LogP contribution in [0.15, 0.2) is 18.2 Å². The number of alkyl halides is 3. The molecule has 21 heavy (non-hydrogen) atoms. The number of benzene rings is 1. The zero-order valence-corrected chi connectivity index (χ0v) is 11.7. The Balaban J connectivity index is 1.80. The van der Waals surface area contributed by atoms with Gasteiger partial charge in [-0.25, -0.2) is 0 Å². The Hall–Kier alpha value is -1.70. The molecule has 1 aliphatic carbocycles. The second kappa shape index (κ2) is 4.94. The van der Waals surface area contributed by atoms with E-state index in [0.717, 1.165) is 19.2 Å². The highest BCUT2D eigenvalue weighted by Gasteiger charge is 2.44. The van der Waals surface area contributed by atoms with Gasteiger partial charge in [0.2, 0.25) is 0 Å².